The van der Waals surface area contributed by atoms with E-state index in [9.17, 15) is 9.59 Å². The zero-order chi connectivity index (χ0) is 23.3. The summed E-state index contributed by atoms with van der Waals surface area (Å²) in [5.74, 6) is 0.930. The number of carbonyl (C=O) groups is 2. The highest BCUT2D eigenvalue weighted by atomic mass is 16.7. The van der Waals surface area contributed by atoms with E-state index in [0.717, 1.165) is 22.0 Å². The topological polar surface area (TPSA) is 88.7 Å². The van der Waals surface area contributed by atoms with Crippen LogP contribution in [0.4, 0.5) is 11.4 Å². The van der Waals surface area contributed by atoms with Gasteiger partial charge >= 0.3 is 0 Å². The maximum absolute atomic E-state index is 12.8. The summed E-state index contributed by atoms with van der Waals surface area (Å²) in [6.07, 6.45) is 0. The molecule has 1 aliphatic heterocycles. The van der Waals surface area contributed by atoms with Crippen LogP contribution in [0.5, 0.6) is 11.5 Å². The number of amides is 2. The lowest BCUT2D eigenvalue weighted by molar-refractivity contribution is -0.114. The summed E-state index contributed by atoms with van der Waals surface area (Å²) in [7, 11) is 0. The number of nitrogens with one attached hydrogen (secondary N) is 3. The number of ether oxygens (including phenoxy) is 2. The number of fused-ring (bicyclic) bond motifs is 2. The molecule has 0 radical (unpaired) electrons. The summed E-state index contributed by atoms with van der Waals surface area (Å²) >= 11 is 0. The molecule has 0 saturated carbocycles. The van der Waals surface area contributed by atoms with Crippen LogP contribution in [0.25, 0.3) is 10.8 Å². The molecule has 170 valence electrons. The van der Waals surface area contributed by atoms with Crippen LogP contribution in [-0.2, 0) is 11.3 Å². The summed E-state index contributed by atoms with van der Waals surface area (Å²) in [6, 6.07) is 26.3. The Balaban J connectivity index is 1.21. The molecule has 34 heavy (non-hydrogen) atoms. The average molecular weight is 453 g/mol. The number of rotatable bonds is 7. The van der Waals surface area contributed by atoms with Crippen molar-refractivity contribution in [2.45, 2.75) is 6.54 Å². The molecule has 0 saturated heterocycles. The van der Waals surface area contributed by atoms with Crippen LogP contribution in [0, 0.1) is 0 Å². The summed E-state index contributed by atoms with van der Waals surface area (Å²) in [5.41, 5.74) is 2.69. The normalized spacial score (nSPS) is 11.8. The fraction of sp³-hybridized carbons (Fsp3) is 0.111. The first kappa shape index (κ1) is 21.3. The maximum atomic E-state index is 12.8. The molecule has 0 aromatic heterocycles. The van der Waals surface area contributed by atoms with Gasteiger partial charge in [0.2, 0.25) is 12.7 Å². The van der Waals surface area contributed by atoms with Crippen molar-refractivity contribution in [1.29, 1.82) is 0 Å². The second kappa shape index (κ2) is 9.54. The summed E-state index contributed by atoms with van der Waals surface area (Å²) < 4.78 is 10.7. The van der Waals surface area contributed by atoms with Crippen LogP contribution in [0.1, 0.15) is 15.9 Å². The highest BCUT2D eigenvalue weighted by Gasteiger charge is 2.15. The number of para-hydroxylation sites is 1. The molecule has 0 atom stereocenters. The van der Waals surface area contributed by atoms with Crippen molar-refractivity contribution in [1.82, 2.24) is 5.32 Å². The first-order chi connectivity index (χ1) is 16.7. The van der Waals surface area contributed by atoms with Gasteiger partial charge < -0.3 is 25.4 Å². The second-order valence-electron chi connectivity index (χ2n) is 7.84. The molecule has 0 fully saturated rings. The Bertz CT molecular complexity index is 1360. The van der Waals surface area contributed by atoms with Gasteiger partial charge in [0.05, 0.1) is 12.1 Å². The van der Waals surface area contributed by atoms with Crippen molar-refractivity contribution in [3.05, 3.63) is 96.1 Å². The van der Waals surface area contributed by atoms with Crippen molar-refractivity contribution in [3.63, 3.8) is 0 Å². The SMILES string of the molecule is O=C(CNc1ccccc1C(=O)NCc1ccc2c(c1)OCO2)Nc1cccc2ccccc12. The summed E-state index contributed by atoms with van der Waals surface area (Å²) in [6.45, 7) is 0.569. The first-order valence-corrected chi connectivity index (χ1v) is 10.9. The standard InChI is InChI=1S/C27H23N3O4/c31-26(30-23-11-5-7-19-6-1-2-8-20(19)23)16-28-22-10-4-3-9-21(22)27(32)29-15-18-12-13-24-25(14-18)34-17-33-24/h1-14,28H,15-17H2,(H,29,32)(H,30,31). The molecule has 7 heteroatoms. The number of hydrogen-bond donors (Lipinski definition) is 3. The predicted molar refractivity (Wildman–Crippen MR) is 131 cm³/mol. The fourth-order valence-corrected chi connectivity index (χ4v) is 3.87. The molecule has 0 bridgehead atoms. The van der Waals surface area contributed by atoms with E-state index in [4.69, 9.17) is 9.47 Å². The lowest BCUT2D eigenvalue weighted by Crippen LogP contribution is -2.26. The third-order valence-corrected chi connectivity index (χ3v) is 5.56. The van der Waals surface area contributed by atoms with E-state index in [2.05, 4.69) is 16.0 Å². The number of hydrogen-bond acceptors (Lipinski definition) is 5. The van der Waals surface area contributed by atoms with E-state index in [0.29, 0.717) is 29.3 Å². The van der Waals surface area contributed by atoms with E-state index < -0.39 is 0 Å². The Labute approximate surface area is 196 Å². The molecule has 0 unspecified atom stereocenters. The molecule has 3 N–H and O–H groups in total. The molecule has 7 nitrogen and oxygen atoms in total. The Hall–Kier alpha value is -4.52. The van der Waals surface area contributed by atoms with Crippen molar-refractivity contribution >= 4 is 34.0 Å². The van der Waals surface area contributed by atoms with Gasteiger partial charge in [-0.2, -0.15) is 0 Å². The highest BCUT2D eigenvalue weighted by molar-refractivity contribution is 6.04. The lowest BCUT2D eigenvalue weighted by Gasteiger charge is -2.13. The number of carbonyl (C=O) groups excluding carboxylic acids is 2. The monoisotopic (exact) mass is 453 g/mol. The van der Waals surface area contributed by atoms with Gasteiger partial charge in [0.25, 0.3) is 5.91 Å². The van der Waals surface area contributed by atoms with Crippen LogP contribution in [-0.4, -0.2) is 25.2 Å². The minimum absolute atomic E-state index is 0.0235. The van der Waals surface area contributed by atoms with Crippen LogP contribution in [0.3, 0.4) is 0 Å². The number of anilines is 2. The maximum Gasteiger partial charge on any atom is 0.253 e. The highest BCUT2D eigenvalue weighted by Crippen LogP contribution is 2.32. The number of benzene rings is 4. The van der Waals surface area contributed by atoms with E-state index in [1.807, 2.05) is 66.7 Å². The van der Waals surface area contributed by atoms with E-state index in [-0.39, 0.29) is 25.2 Å². The Morgan fingerprint density at radius 2 is 1.56 bits per heavy atom. The van der Waals surface area contributed by atoms with Crippen LogP contribution in [0.15, 0.2) is 84.9 Å². The molecular weight excluding hydrogens is 430 g/mol. The fourth-order valence-electron chi connectivity index (χ4n) is 3.87. The summed E-state index contributed by atoms with van der Waals surface area (Å²) in [4.78, 5) is 25.5. The Morgan fingerprint density at radius 1 is 0.794 bits per heavy atom. The van der Waals surface area contributed by atoms with Crippen LogP contribution >= 0.6 is 0 Å². The Morgan fingerprint density at radius 3 is 2.50 bits per heavy atom. The molecule has 2 amide bonds. The molecule has 4 aromatic carbocycles. The molecular formula is C27H23N3O4. The molecule has 0 aliphatic carbocycles. The van der Waals surface area contributed by atoms with Crippen molar-refractivity contribution in [3.8, 4) is 11.5 Å². The van der Waals surface area contributed by atoms with Crippen LogP contribution in [0.2, 0.25) is 0 Å². The van der Waals surface area contributed by atoms with Gasteiger partial charge in [0, 0.05) is 23.3 Å². The van der Waals surface area contributed by atoms with Gasteiger partial charge in [-0.25, -0.2) is 0 Å². The largest absolute Gasteiger partial charge is 0.454 e. The molecule has 4 aromatic rings. The third kappa shape index (κ3) is 4.63. The molecule has 1 heterocycles. The van der Waals surface area contributed by atoms with Crippen LogP contribution < -0.4 is 25.4 Å². The second-order valence-corrected chi connectivity index (χ2v) is 7.84. The van der Waals surface area contributed by atoms with Gasteiger partial charge in [0.1, 0.15) is 0 Å². The molecule has 0 spiro atoms. The van der Waals surface area contributed by atoms with E-state index in [1.54, 1.807) is 18.2 Å². The first-order valence-electron chi connectivity index (χ1n) is 10.9. The van der Waals surface area contributed by atoms with Crippen molar-refractivity contribution in [2.75, 3.05) is 24.0 Å². The average Bonchev–Trinajstić information content (AvgIpc) is 3.34. The smallest absolute Gasteiger partial charge is 0.253 e. The zero-order valence-corrected chi connectivity index (χ0v) is 18.3. The van der Waals surface area contributed by atoms with Crippen molar-refractivity contribution < 1.29 is 19.1 Å². The summed E-state index contributed by atoms with van der Waals surface area (Å²) in [5, 5.41) is 11.0. The van der Waals surface area contributed by atoms with Gasteiger partial charge in [-0.15, -0.1) is 0 Å². The lowest BCUT2D eigenvalue weighted by atomic mass is 10.1. The van der Waals surface area contributed by atoms with Gasteiger partial charge in [0.15, 0.2) is 11.5 Å². The zero-order valence-electron chi connectivity index (χ0n) is 18.3. The minimum Gasteiger partial charge on any atom is -0.454 e. The Kier molecular flexibility index (Phi) is 5.99. The van der Waals surface area contributed by atoms with Crippen molar-refractivity contribution in [2.24, 2.45) is 0 Å². The van der Waals surface area contributed by atoms with E-state index in [1.165, 1.54) is 0 Å². The van der Waals surface area contributed by atoms with E-state index >= 15 is 0 Å². The van der Waals surface area contributed by atoms with Gasteiger partial charge in [-0.1, -0.05) is 54.6 Å². The predicted octanol–water partition coefficient (Wildman–Crippen LogP) is 4.55. The molecule has 5 rings (SSSR count). The quantitative estimate of drug-likeness (QED) is 0.382. The van der Waals surface area contributed by atoms with Gasteiger partial charge in [-0.3, -0.25) is 9.59 Å². The van der Waals surface area contributed by atoms with Gasteiger partial charge in [-0.05, 0) is 41.3 Å². The third-order valence-electron chi connectivity index (χ3n) is 5.56. The molecule has 1 aliphatic rings. The minimum atomic E-state index is -0.241.